The second-order valence-corrected chi connectivity index (χ2v) is 5.49. The van der Waals surface area contributed by atoms with Gasteiger partial charge in [-0.2, -0.15) is 5.26 Å². The molecule has 0 atom stereocenters. The third kappa shape index (κ3) is 3.93. The minimum Gasteiger partial charge on any atom is -0.494 e. The summed E-state index contributed by atoms with van der Waals surface area (Å²) in [6, 6.07) is 15.3. The zero-order valence-electron chi connectivity index (χ0n) is 12.1. The van der Waals surface area contributed by atoms with Crippen LogP contribution < -0.4 is 9.47 Å². The SMILES string of the molecule is CCOc1ccc(Oc2cccc(SCC)c2C#N)cc1. The van der Waals surface area contributed by atoms with E-state index >= 15 is 0 Å². The van der Waals surface area contributed by atoms with Crippen LogP contribution in [0.5, 0.6) is 17.2 Å². The molecule has 0 radical (unpaired) electrons. The van der Waals surface area contributed by atoms with Crippen molar-refractivity contribution in [2.45, 2.75) is 18.7 Å². The van der Waals surface area contributed by atoms with Gasteiger partial charge in [0.25, 0.3) is 0 Å². The highest BCUT2D eigenvalue weighted by Crippen LogP contribution is 2.32. The van der Waals surface area contributed by atoms with Crippen LogP contribution in [-0.4, -0.2) is 12.4 Å². The van der Waals surface area contributed by atoms with E-state index in [1.165, 1.54) is 0 Å². The molecule has 0 N–H and O–H groups in total. The highest BCUT2D eigenvalue weighted by Gasteiger charge is 2.10. The third-order valence-electron chi connectivity index (χ3n) is 2.76. The van der Waals surface area contributed by atoms with Crippen LogP contribution in [0.15, 0.2) is 47.4 Å². The van der Waals surface area contributed by atoms with Gasteiger partial charge in [0.1, 0.15) is 28.9 Å². The smallest absolute Gasteiger partial charge is 0.146 e. The summed E-state index contributed by atoms with van der Waals surface area (Å²) in [6.07, 6.45) is 0. The molecule has 0 aliphatic heterocycles. The lowest BCUT2D eigenvalue weighted by Crippen LogP contribution is -1.92. The van der Waals surface area contributed by atoms with Crippen molar-refractivity contribution in [3.63, 3.8) is 0 Å². The molecular formula is C17H17NO2S. The van der Waals surface area contributed by atoms with E-state index in [1.54, 1.807) is 11.8 Å². The van der Waals surface area contributed by atoms with E-state index in [4.69, 9.17) is 9.47 Å². The standard InChI is InChI=1S/C17H17NO2S/c1-3-19-13-8-10-14(11-9-13)20-16-6-5-7-17(21-4-2)15(16)12-18/h5-11H,3-4H2,1-2H3. The zero-order valence-corrected chi connectivity index (χ0v) is 12.9. The minimum atomic E-state index is 0.582. The van der Waals surface area contributed by atoms with Crippen LogP contribution in [0.3, 0.4) is 0 Å². The van der Waals surface area contributed by atoms with Crippen molar-refractivity contribution in [1.29, 1.82) is 5.26 Å². The predicted octanol–water partition coefficient (Wildman–Crippen LogP) is 4.86. The van der Waals surface area contributed by atoms with Crippen molar-refractivity contribution in [2.24, 2.45) is 0 Å². The van der Waals surface area contributed by atoms with Gasteiger partial charge in [0.2, 0.25) is 0 Å². The van der Waals surface area contributed by atoms with Crippen LogP contribution >= 0.6 is 11.8 Å². The molecule has 0 aliphatic carbocycles. The number of hydrogen-bond acceptors (Lipinski definition) is 4. The molecule has 3 nitrogen and oxygen atoms in total. The molecule has 0 saturated carbocycles. The first-order valence-corrected chi connectivity index (χ1v) is 7.83. The molecule has 4 heteroatoms. The first-order chi connectivity index (χ1) is 10.3. The Morgan fingerprint density at radius 2 is 1.76 bits per heavy atom. The average Bonchev–Trinajstić information content (AvgIpc) is 2.50. The Labute approximate surface area is 129 Å². The van der Waals surface area contributed by atoms with Crippen LogP contribution in [0, 0.1) is 11.3 Å². The maximum absolute atomic E-state index is 9.35. The van der Waals surface area contributed by atoms with E-state index in [9.17, 15) is 5.26 Å². The van der Waals surface area contributed by atoms with Crippen LogP contribution in [0.4, 0.5) is 0 Å². The van der Waals surface area contributed by atoms with E-state index in [2.05, 4.69) is 13.0 Å². The summed E-state index contributed by atoms with van der Waals surface area (Å²) >= 11 is 1.64. The largest absolute Gasteiger partial charge is 0.494 e. The van der Waals surface area contributed by atoms with E-state index in [1.807, 2.05) is 49.4 Å². The number of hydrogen-bond donors (Lipinski definition) is 0. The van der Waals surface area contributed by atoms with Gasteiger partial charge in [-0.15, -0.1) is 11.8 Å². The van der Waals surface area contributed by atoms with Crippen molar-refractivity contribution >= 4 is 11.8 Å². The summed E-state index contributed by atoms with van der Waals surface area (Å²) < 4.78 is 11.2. The third-order valence-corrected chi connectivity index (χ3v) is 3.70. The molecule has 2 rings (SSSR count). The fourth-order valence-corrected chi connectivity index (χ4v) is 2.66. The van der Waals surface area contributed by atoms with Gasteiger partial charge in [-0.25, -0.2) is 0 Å². The summed E-state index contributed by atoms with van der Waals surface area (Å²) in [4.78, 5) is 0.948. The number of ether oxygens (including phenoxy) is 2. The molecular weight excluding hydrogens is 282 g/mol. The van der Waals surface area contributed by atoms with Crippen molar-refractivity contribution in [3.8, 4) is 23.3 Å². The Balaban J connectivity index is 2.23. The molecule has 0 aromatic heterocycles. The normalized spacial score (nSPS) is 9.95. The fourth-order valence-electron chi connectivity index (χ4n) is 1.88. The molecule has 0 spiro atoms. The van der Waals surface area contributed by atoms with Gasteiger partial charge in [0.05, 0.1) is 6.61 Å². The molecule has 0 fully saturated rings. The molecule has 0 heterocycles. The highest BCUT2D eigenvalue weighted by atomic mass is 32.2. The predicted molar refractivity (Wildman–Crippen MR) is 85.2 cm³/mol. The number of rotatable bonds is 6. The first-order valence-electron chi connectivity index (χ1n) is 6.85. The summed E-state index contributed by atoms with van der Waals surface area (Å²) in [5, 5.41) is 9.35. The van der Waals surface area contributed by atoms with Crippen LogP contribution in [0.25, 0.3) is 0 Å². The van der Waals surface area contributed by atoms with Crippen molar-refractivity contribution in [3.05, 3.63) is 48.0 Å². The average molecular weight is 299 g/mol. The molecule has 0 amide bonds. The number of benzene rings is 2. The second-order valence-electron chi connectivity index (χ2n) is 4.18. The Kier molecular flexibility index (Phi) is 5.53. The van der Waals surface area contributed by atoms with E-state index in [0.29, 0.717) is 23.7 Å². The van der Waals surface area contributed by atoms with E-state index in [0.717, 1.165) is 16.4 Å². The van der Waals surface area contributed by atoms with Crippen molar-refractivity contribution in [1.82, 2.24) is 0 Å². The molecule has 2 aromatic carbocycles. The molecule has 0 aliphatic rings. The van der Waals surface area contributed by atoms with Gasteiger partial charge in [0.15, 0.2) is 0 Å². The quantitative estimate of drug-likeness (QED) is 0.714. The topological polar surface area (TPSA) is 42.2 Å². The van der Waals surface area contributed by atoms with Gasteiger partial charge in [0, 0.05) is 4.90 Å². The van der Waals surface area contributed by atoms with E-state index < -0.39 is 0 Å². The molecule has 108 valence electrons. The van der Waals surface area contributed by atoms with Gasteiger partial charge in [-0.1, -0.05) is 13.0 Å². The van der Waals surface area contributed by atoms with Gasteiger partial charge in [-0.05, 0) is 49.1 Å². The number of nitrogens with zero attached hydrogens (tertiary/aromatic N) is 1. The lowest BCUT2D eigenvalue weighted by molar-refractivity contribution is 0.339. The van der Waals surface area contributed by atoms with Gasteiger partial charge in [-0.3, -0.25) is 0 Å². The Morgan fingerprint density at radius 1 is 1.05 bits per heavy atom. The Hall–Kier alpha value is -2.12. The first kappa shape index (κ1) is 15.3. The number of nitriles is 1. The Morgan fingerprint density at radius 3 is 2.38 bits per heavy atom. The summed E-state index contributed by atoms with van der Waals surface area (Å²) in [6.45, 7) is 4.64. The molecule has 0 unspecified atom stereocenters. The summed E-state index contributed by atoms with van der Waals surface area (Å²) in [5.41, 5.74) is 0.582. The second kappa shape index (κ2) is 7.61. The van der Waals surface area contributed by atoms with Gasteiger partial charge >= 0.3 is 0 Å². The summed E-state index contributed by atoms with van der Waals surface area (Å²) in [5.74, 6) is 3.00. The monoisotopic (exact) mass is 299 g/mol. The van der Waals surface area contributed by atoms with Crippen molar-refractivity contribution < 1.29 is 9.47 Å². The van der Waals surface area contributed by atoms with Crippen LogP contribution in [-0.2, 0) is 0 Å². The Bertz CT molecular complexity index is 632. The lowest BCUT2D eigenvalue weighted by atomic mass is 10.2. The van der Waals surface area contributed by atoms with Crippen LogP contribution in [0.1, 0.15) is 19.4 Å². The fraction of sp³-hybridized carbons (Fsp3) is 0.235. The minimum absolute atomic E-state index is 0.582. The van der Waals surface area contributed by atoms with E-state index in [-0.39, 0.29) is 0 Å². The summed E-state index contributed by atoms with van der Waals surface area (Å²) in [7, 11) is 0. The molecule has 0 bridgehead atoms. The van der Waals surface area contributed by atoms with Crippen molar-refractivity contribution in [2.75, 3.05) is 12.4 Å². The lowest BCUT2D eigenvalue weighted by Gasteiger charge is -2.10. The molecule has 21 heavy (non-hydrogen) atoms. The van der Waals surface area contributed by atoms with Gasteiger partial charge < -0.3 is 9.47 Å². The van der Waals surface area contributed by atoms with Crippen LogP contribution in [0.2, 0.25) is 0 Å². The number of thioether (sulfide) groups is 1. The molecule has 0 saturated heterocycles. The molecule has 2 aromatic rings. The maximum Gasteiger partial charge on any atom is 0.146 e. The maximum atomic E-state index is 9.35. The zero-order chi connectivity index (χ0) is 15.1. The highest BCUT2D eigenvalue weighted by molar-refractivity contribution is 7.99.